The fourth-order valence-corrected chi connectivity index (χ4v) is 6.25. The summed E-state index contributed by atoms with van der Waals surface area (Å²) in [7, 11) is 2.92. The van der Waals surface area contributed by atoms with E-state index < -0.39 is 17.4 Å². The number of carbonyl (C=O) groups excluding carboxylic acids is 2. The Hall–Kier alpha value is -1.62. The van der Waals surface area contributed by atoms with Gasteiger partial charge in [-0.15, -0.1) is 0 Å². The zero-order valence-electron chi connectivity index (χ0n) is 12.9. The predicted molar refractivity (Wildman–Crippen MR) is 84.4 cm³/mol. The van der Waals surface area contributed by atoms with E-state index in [-0.39, 0.29) is 31.8 Å². The third kappa shape index (κ3) is 2.61. The van der Waals surface area contributed by atoms with Crippen LogP contribution < -0.4 is 4.46 Å². The maximum absolute atomic E-state index is 12.5. The summed E-state index contributed by atoms with van der Waals surface area (Å²) in [4.78, 5) is 24.8. The van der Waals surface area contributed by atoms with E-state index in [1.165, 1.54) is 7.11 Å². The van der Waals surface area contributed by atoms with Crippen molar-refractivity contribution >= 4 is 31.4 Å². The molecule has 2 aliphatic heterocycles. The van der Waals surface area contributed by atoms with Crippen molar-refractivity contribution in [2.24, 2.45) is 11.3 Å². The Labute approximate surface area is 141 Å². The van der Waals surface area contributed by atoms with Gasteiger partial charge < -0.3 is 0 Å². The molecule has 122 valence electrons. The van der Waals surface area contributed by atoms with Crippen molar-refractivity contribution in [3.8, 4) is 0 Å². The zero-order chi connectivity index (χ0) is 16.4. The topological polar surface area (TPSA) is 61.8 Å². The Balaban J connectivity index is 2.04. The zero-order valence-corrected chi connectivity index (χ0v) is 14.6. The van der Waals surface area contributed by atoms with Gasteiger partial charge in [-0.25, -0.2) is 0 Å². The maximum atomic E-state index is 12.5. The molecule has 5 nitrogen and oxygen atoms in total. The molecule has 1 saturated heterocycles. The van der Waals surface area contributed by atoms with Crippen molar-refractivity contribution in [1.29, 1.82) is 0 Å². The SMILES string of the molecule is COC[C@H]1[C@H]2C=C[C@](C(=O)OC)(C(=O)O2)[C@H]1[Se]c1ccccc1. The first-order valence-corrected chi connectivity index (χ1v) is 9.17. The third-order valence-electron chi connectivity index (χ3n) is 4.28. The fourth-order valence-electron chi connectivity index (χ4n) is 3.16. The normalized spacial score (nSPS) is 31.7. The van der Waals surface area contributed by atoms with E-state index in [4.69, 9.17) is 14.2 Å². The van der Waals surface area contributed by atoms with Gasteiger partial charge in [-0.3, -0.25) is 0 Å². The van der Waals surface area contributed by atoms with E-state index in [9.17, 15) is 9.59 Å². The molecule has 1 fully saturated rings. The van der Waals surface area contributed by atoms with Crippen LogP contribution in [0.25, 0.3) is 0 Å². The number of methoxy groups -OCH3 is 2. The summed E-state index contributed by atoms with van der Waals surface area (Å²) >= 11 is -0.0961. The van der Waals surface area contributed by atoms with Gasteiger partial charge in [0.25, 0.3) is 0 Å². The van der Waals surface area contributed by atoms with Crippen molar-refractivity contribution in [3.05, 3.63) is 42.5 Å². The van der Waals surface area contributed by atoms with Crippen molar-refractivity contribution in [3.63, 3.8) is 0 Å². The Kier molecular flexibility index (Phi) is 4.57. The molecule has 0 radical (unpaired) electrons. The van der Waals surface area contributed by atoms with Gasteiger partial charge in [-0.05, 0) is 0 Å². The van der Waals surface area contributed by atoms with Gasteiger partial charge in [0.1, 0.15) is 0 Å². The number of benzene rings is 1. The van der Waals surface area contributed by atoms with E-state index in [2.05, 4.69) is 0 Å². The molecular formula is C17H18O5Se. The average molecular weight is 381 g/mol. The molecule has 0 unspecified atom stereocenters. The molecule has 2 heterocycles. The molecule has 1 aliphatic carbocycles. The number of hydrogen-bond acceptors (Lipinski definition) is 5. The minimum absolute atomic E-state index is 0.0537. The molecule has 6 heteroatoms. The molecule has 2 bridgehead atoms. The molecule has 0 amide bonds. The second-order valence-electron chi connectivity index (χ2n) is 5.56. The summed E-state index contributed by atoms with van der Waals surface area (Å²) in [6, 6.07) is 9.91. The Morgan fingerprint density at radius 1 is 1.30 bits per heavy atom. The van der Waals surface area contributed by atoms with Crippen LogP contribution in [0.15, 0.2) is 42.5 Å². The number of esters is 2. The second kappa shape index (κ2) is 6.48. The molecule has 0 N–H and O–H groups in total. The van der Waals surface area contributed by atoms with E-state index in [0.29, 0.717) is 6.61 Å². The molecule has 0 spiro atoms. The van der Waals surface area contributed by atoms with Gasteiger partial charge >= 0.3 is 141 Å². The first kappa shape index (κ1) is 16.2. The third-order valence-corrected chi connectivity index (χ3v) is 7.47. The summed E-state index contributed by atoms with van der Waals surface area (Å²) in [6.07, 6.45) is 3.13. The summed E-state index contributed by atoms with van der Waals surface area (Å²) in [5, 5.41) is 0. The van der Waals surface area contributed by atoms with Crippen molar-refractivity contribution in [1.82, 2.24) is 0 Å². The van der Waals surface area contributed by atoms with E-state index in [1.807, 2.05) is 30.3 Å². The van der Waals surface area contributed by atoms with E-state index >= 15 is 0 Å². The Morgan fingerprint density at radius 2 is 2.04 bits per heavy atom. The molecule has 0 aromatic heterocycles. The Bertz CT molecular complexity index is 629. The van der Waals surface area contributed by atoms with Crippen molar-refractivity contribution in [2.45, 2.75) is 10.9 Å². The van der Waals surface area contributed by atoms with Crippen LogP contribution in [0, 0.1) is 11.3 Å². The molecule has 3 aliphatic rings. The monoisotopic (exact) mass is 382 g/mol. The average Bonchev–Trinajstić information content (AvgIpc) is 2.58. The minimum atomic E-state index is -1.36. The predicted octanol–water partition coefficient (Wildman–Crippen LogP) is 0.722. The standard InChI is InChI=1S/C17H18O5Se/c1-20-10-12-13-8-9-17(15(18)21-2,16(19)22-13)14(12)23-11-6-4-3-5-7-11/h3-9,12-14H,10H2,1-2H3/t12-,13+,14-,17-/m0/s1. The fraction of sp³-hybridized carbons (Fsp3) is 0.412. The molecule has 23 heavy (non-hydrogen) atoms. The molecular weight excluding hydrogens is 363 g/mol. The van der Waals surface area contributed by atoms with Crippen LogP contribution in [0.2, 0.25) is 4.82 Å². The van der Waals surface area contributed by atoms with Crippen molar-refractivity contribution < 1.29 is 23.8 Å². The van der Waals surface area contributed by atoms with Gasteiger partial charge in [0, 0.05) is 0 Å². The summed E-state index contributed by atoms with van der Waals surface area (Å²) in [5.41, 5.74) is -1.36. The van der Waals surface area contributed by atoms with Crippen molar-refractivity contribution in [2.75, 3.05) is 20.8 Å². The van der Waals surface area contributed by atoms with E-state index in [1.54, 1.807) is 19.3 Å². The first-order valence-electron chi connectivity index (χ1n) is 7.33. The van der Waals surface area contributed by atoms with Crippen LogP contribution in [0.4, 0.5) is 0 Å². The number of rotatable bonds is 5. The van der Waals surface area contributed by atoms with Gasteiger partial charge in [-0.2, -0.15) is 0 Å². The number of hydrogen-bond donors (Lipinski definition) is 0. The summed E-state index contributed by atoms with van der Waals surface area (Å²) in [5.74, 6) is -1.12. The molecule has 0 saturated carbocycles. The molecule has 4 rings (SSSR count). The Morgan fingerprint density at radius 3 is 2.65 bits per heavy atom. The van der Waals surface area contributed by atoms with Crippen LogP contribution in [0.5, 0.6) is 0 Å². The number of ether oxygens (including phenoxy) is 3. The van der Waals surface area contributed by atoms with Gasteiger partial charge in [-0.1, -0.05) is 0 Å². The quantitative estimate of drug-likeness (QED) is 0.326. The first-order chi connectivity index (χ1) is 11.1. The van der Waals surface area contributed by atoms with Crippen LogP contribution >= 0.6 is 0 Å². The van der Waals surface area contributed by atoms with Gasteiger partial charge in [0.15, 0.2) is 0 Å². The molecule has 1 aromatic rings. The summed E-state index contributed by atoms with van der Waals surface area (Å²) in [6.45, 7) is 0.431. The number of carbonyl (C=O) groups is 2. The summed E-state index contributed by atoms with van der Waals surface area (Å²) < 4.78 is 16.9. The van der Waals surface area contributed by atoms with Crippen LogP contribution in [0.1, 0.15) is 0 Å². The van der Waals surface area contributed by atoms with Gasteiger partial charge in [0.05, 0.1) is 0 Å². The number of fused-ring (bicyclic) bond motifs is 2. The van der Waals surface area contributed by atoms with Crippen LogP contribution in [-0.2, 0) is 23.8 Å². The second-order valence-corrected chi connectivity index (χ2v) is 8.11. The van der Waals surface area contributed by atoms with Gasteiger partial charge in [0.2, 0.25) is 0 Å². The molecule has 1 aromatic carbocycles. The van der Waals surface area contributed by atoms with E-state index in [0.717, 1.165) is 4.46 Å². The molecule has 4 atom stereocenters. The van der Waals surface area contributed by atoms with Crippen LogP contribution in [-0.4, -0.2) is 53.8 Å². The van der Waals surface area contributed by atoms with Crippen LogP contribution in [0.3, 0.4) is 0 Å².